The van der Waals surface area contributed by atoms with Crippen LogP contribution in [0.1, 0.15) is 17.7 Å². The third-order valence-electron chi connectivity index (χ3n) is 6.12. The number of anilines is 2. The quantitative estimate of drug-likeness (QED) is 0.430. The summed E-state index contributed by atoms with van der Waals surface area (Å²) in [6.45, 7) is 2.41. The Kier molecular flexibility index (Phi) is 5.78. The molecular weight excluding hydrogens is 503 g/mol. The van der Waals surface area contributed by atoms with Gasteiger partial charge in [0.1, 0.15) is 11.9 Å². The van der Waals surface area contributed by atoms with Crippen LogP contribution >= 0.6 is 11.3 Å². The molecule has 4 aromatic rings. The Labute approximate surface area is 210 Å². The van der Waals surface area contributed by atoms with E-state index in [4.69, 9.17) is 5.14 Å². The molecule has 2 aromatic heterocycles. The number of thiazole rings is 1. The van der Waals surface area contributed by atoms with E-state index in [0.29, 0.717) is 52.8 Å². The summed E-state index contributed by atoms with van der Waals surface area (Å²) < 4.78 is 39.7. The SMILES string of the molecule is Cc1nc(N2CCCN(c3ccc(-c4cc(F)cc5c4c(C#N)cn5C)cc3)C2=O)sc1S(N)(=O)=O. The van der Waals surface area contributed by atoms with Crippen LogP contribution in [0, 0.1) is 24.1 Å². The Balaban J connectivity index is 1.48. The van der Waals surface area contributed by atoms with Crippen LogP contribution in [0.5, 0.6) is 0 Å². The maximum atomic E-state index is 14.4. The third-order valence-corrected chi connectivity index (χ3v) is 8.86. The van der Waals surface area contributed by atoms with Gasteiger partial charge in [-0.25, -0.2) is 27.7 Å². The van der Waals surface area contributed by atoms with Gasteiger partial charge < -0.3 is 4.57 Å². The van der Waals surface area contributed by atoms with Gasteiger partial charge in [0.2, 0.25) is 10.0 Å². The van der Waals surface area contributed by atoms with Crippen molar-refractivity contribution in [2.75, 3.05) is 22.9 Å². The van der Waals surface area contributed by atoms with Crippen LogP contribution in [0.4, 0.5) is 20.0 Å². The first-order chi connectivity index (χ1) is 17.1. The second kappa shape index (κ2) is 8.70. The molecular formula is C24H21FN6O3S2. The van der Waals surface area contributed by atoms with E-state index in [1.54, 1.807) is 53.9 Å². The number of nitriles is 1. The average molecular weight is 525 g/mol. The van der Waals surface area contributed by atoms with E-state index in [9.17, 15) is 22.9 Å². The standard InChI is InChI=1S/C24H21FN6O3S2/c1-14-22(36(27,33)34)35-23(28-14)31-9-3-8-30(24(31)32)18-6-4-15(5-7-18)19-10-17(25)11-20-21(19)16(12-26)13-29(20)2/h4-7,10-11,13H,3,8-9H2,1-2H3,(H2,27,33,34). The van der Waals surface area contributed by atoms with Gasteiger partial charge in [0.15, 0.2) is 9.34 Å². The predicted molar refractivity (Wildman–Crippen MR) is 136 cm³/mol. The number of aryl methyl sites for hydroxylation is 2. The number of carbonyl (C=O) groups is 1. The van der Waals surface area contributed by atoms with Crippen molar-refractivity contribution >= 4 is 49.1 Å². The van der Waals surface area contributed by atoms with Crippen LogP contribution in [-0.4, -0.2) is 37.1 Å². The molecule has 12 heteroatoms. The number of amides is 2. The fourth-order valence-corrected chi connectivity index (χ4v) is 6.47. The molecule has 36 heavy (non-hydrogen) atoms. The van der Waals surface area contributed by atoms with Gasteiger partial charge in [-0.2, -0.15) is 5.26 Å². The second-order valence-electron chi connectivity index (χ2n) is 8.51. The molecule has 2 amide bonds. The van der Waals surface area contributed by atoms with Crippen molar-refractivity contribution in [1.29, 1.82) is 5.26 Å². The number of urea groups is 1. The van der Waals surface area contributed by atoms with Crippen molar-refractivity contribution < 1.29 is 17.6 Å². The molecule has 5 rings (SSSR count). The minimum absolute atomic E-state index is 0.0640. The highest BCUT2D eigenvalue weighted by Gasteiger charge is 2.31. The van der Waals surface area contributed by atoms with Crippen LogP contribution in [0.25, 0.3) is 22.0 Å². The monoisotopic (exact) mass is 524 g/mol. The number of carbonyl (C=O) groups excluding carboxylic acids is 1. The van der Waals surface area contributed by atoms with Crippen molar-refractivity contribution in [3.05, 3.63) is 59.7 Å². The van der Waals surface area contributed by atoms with E-state index in [1.165, 1.54) is 17.0 Å². The van der Waals surface area contributed by atoms with E-state index < -0.39 is 15.8 Å². The molecule has 2 aromatic carbocycles. The summed E-state index contributed by atoms with van der Waals surface area (Å²) in [5.74, 6) is -0.410. The van der Waals surface area contributed by atoms with Crippen LogP contribution in [0.15, 0.2) is 46.8 Å². The Morgan fingerprint density at radius 3 is 2.50 bits per heavy atom. The third kappa shape index (κ3) is 4.01. The molecule has 184 valence electrons. The maximum absolute atomic E-state index is 14.4. The van der Waals surface area contributed by atoms with Crippen molar-refractivity contribution in [3.8, 4) is 17.2 Å². The smallest absolute Gasteiger partial charge is 0.330 e. The molecule has 3 heterocycles. The summed E-state index contributed by atoms with van der Waals surface area (Å²) in [6, 6.07) is 11.8. The van der Waals surface area contributed by atoms with E-state index >= 15 is 0 Å². The number of rotatable bonds is 4. The zero-order chi connectivity index (χ0) is 25.8. The number of fused-ring (bicyclic) bond motifs is 1. The number of halogens is 1. The zero-order valence-corrected chi connectivity index (χ0v) is 21.0. The highest BCUT2D eigenvalue weighted by atomic mass is 32.2. The summed E-state index contributed by atoms with van der Waals surface area (Å²) in [5, 5.41) is 15.8. The van der Waals surface area contributed by atoms with Crippen molar-refractivity contribution in [1.82, 2.24) is 9.55 Å². The van der Waals surface area contributed by atoms with Crippen LogP contribution in [0.2, 0.25) is 0 Å². The highest BCUT2D eigenvalue weighted by Crippen LogP contribution is 2.35. The minimum Gasteiger partial charge on any atom is -0.349 e. The lowest BCUT2D eigenvalue weighted by atomic mass is 9.99. The summed E-state index contributed by atoms with van der Waals surface area (Å²) in [5.41, 5.74) is 3.26. The van der Waals surface area contributed by atoms with Crippen LogP contribution < -0.4 is 14.9 Å². The molecule has 0 unspecified atom stereocenters. The minimum atomic E-state index is -3.93. The predicted octanol–water partition coefficient (Wildman–Crippen LogP) is 4.11. The molecule has 0 bridgehead atoms. The van der Waals surface area contributed by atoms with Gasteiger partial charge in [0, 0.05) is 37.4 Å². The first-order valence-corrected chi connectivity index (χ1v) is 13.3. The molecule has 0 aliphatic carbocycles. The number of nitrogens with zero attached hydrogens (tertiary/aromatic N) is 5. The largest absolute Gasteiger partial charge is 0.349 e. The van der Waals surface area contributed by atoms with Gasteiger partial charge in [-0.1, -0.05) is 23.5 Å². The lowest BCUT2D eigenvalue weighted by molar-refractivity contribution is 0.248. The van der Waals surface area contributed by atoms with E-state index in [-0.39, 0.29) is 21.1 Å². The Bertz CT molecular complexity index is 1670. The molecule has 0 atom stereocenters. The van der Waals surface area contributed by atoms with Gasteiger partial charge in [-0.05, 0) is 48.7 Å². The lowest BCUT2D eigenvalue weighted by Crippen LogP contribution is -2.49. The van der Waals surface area contributed by atoms with Gasteiger partial charge >= 0.3 is 6.03 Å². The molecule has 0 saturated carbocycles. The lowest BCUT2D eigenvalue weighted by Gasteiger charge is -2.34. The normalized spacial score (nSPS) is 14.5. The van der Waals surface area contributed by atoms with E-state index in [2.05, 4.69) is 11.1 Å². The zero-order valence-electron chi connectivity index (χ0n) is 19.4. The summed E-state index contributed by atoms with van der Waals surface area (Å²) >= 11 is 0.872. The number of benzene rings is 2. The number of aromatic nitrogens is 2. The Morgan fingerprint density at radius 1 is 1.17 bits per heavy atom. The number of nitrogens with two attached hydrogens (primary N) is 1. The van der Waals surface area contributed by atoms with E-state index in [1.807, 2.05) is 0 Å². The summed E-state index contributed by atoms with van der Waals surface area (Å²) in [6.07, 6.45) is 2.32. The molecule has 1 saturated heterocycles. The van der Waals surface area contributed by atoms with Crippen molar-refractivity contribution in [2.24, 2.45) is 12.2 Å². The average Bonchev–Trinajstić information content (AvgIpc) is 3.38. The number of hydrogen-bond donors (Lipinski definition) is 1. The molecule has 1 aliphatic rings. The van der Waals surface area contributed by atoms with Gasteiger partial charge in [0.25, 0.3) is 0 Å². The fraction of sp³-hybridized carbons (Fsp3) is 0.208. The molecule has 2 N–H and O–H groups in total. The molecule has 9 nitrogen and oxygen atoms in total. The van der Waals surface area contributed by atoms with Crippen LogP contribution in [0.3, 0.4) is 0 Å². The number of primary sulfonamides is 1. The summed E-state index contributed by atoms with van der Waals surface area (Å²) in [4.78, 5) is 20.6. The Hall–Kier alpha value is -3.79. The number of sulfonamides is 1. The highest BCUT2D eigenvalue weighted by molar-refractivity contribution is 7.91. The molecule has 0 spiro atoms. The fourth-order valence-electron chi connectivity index (χ4n) is 4.50. The molecule has 1 aliphatic heterocycles. The number of hydrogen-bond acceptors (Lipinski definition) is 6. The first-order valence-electron chi connectivity index (χ1n) is 11.0. The topological polar surface area (TPSA) is 125 Å². The van der Waals surface area contributed by atoms with Gasteiger partial charge in [0.05, 0.1) is 16.8 Å². The van der Waals surface area contributed by atoms with Gasteiger partial charge in [-0.15, -0.1) is 0 Å². The molecule has 0 radical (unpaired) electrons. The summed E-state index contributed by atoms with van der Waals surface area (Å²) in [7, 11) is -2.17. The Morgan fingerprint density at radius 2 is 1.86 bits per heavy atom. The second-order valence-corrected chi connectivity index (χ2v) is 11.2. The first kappa shape index (κ1) is 23.9. The van der Waals surface area contributed by atoms with Crippen LogP contribution in [-0.2, 0) is 17.1 Å². The van der Waals surface area contributed by atoms with Crippen molar-refractivity contribution in [2.45, 2.75) is 17.6 Å². The van der Waals surface area contributed by atoms with E-state index in [0.717, 1.165) is 11.3 Å². The van der Waals surface area contributed by atoms with Gasteiger partial charge in [-0.3, -0.25) is 9.80 Å². The molecule has 1 fully saturated rings. The maximum Gasteiger partial charge on any atom is 0.330 e. The van der Waals surface area contributed by atoms with Crippen molar-refractivity contribution in [3.63, 3.8) is 0 Å².